The molecule has 0 N–H and O–H groups in total. The molecule has 5 rings (SSSR count). The van der Waals surface area contributed by atoms with Crippen molar-refractivity contribution < 1.29 is 4.74 Å². The molecule has 28 heavy (non-hydrogen) atoms. The first-order valence-corrected chi connectivity index (χ1v) is 10.5. The quantitative estimate of drug-likeness (QED) is 0.400. The Hall–Kier alpha value is -2.01. The molecule has 2 aliphatic heterocycles. The normalized spacial score (nSPS) is 20.2. The summed E-state index contributed by atoms with van der Waals surface area (Å²) in [6, 6.07) is 21.9. The zero-order chi connectivity index (χ0) is 19.3. The fraction of sp³-hybridized carbons (Fsp3) is 0.136. The number of benzene rings is 3. The molecule has 6 heteroatoms. The van der Waals surface area contributed by atoms with Crippen LogP contribution < -0.4 is 4.74 Å². The van der Waals surface area contributed by atoms with Gasteiger partial charge in [0.1, 0.15) is 5.75 Å². The minimum absolute atomic E-state index is 0.0975. The molecule has 3 aromatic rings. The molecule has 0 radical (unpaired) electrons. The van der Waals surface area contributed by atoms with E-state index in [4.69, 9.17) is 33.0 Å². The van der Waals surface area contributed by atoms with Crippen molar-refractivity contribution in [2.45, 2.75) is 18.7 Å². The molecule has 0 amide bonds. The first-order valence-electron chi connectivity index (χ1n) is 8.92. The van der Waals surface area contributed by atoms with Gasteiger partial charge < -0.3 is 4.74 Å². The predicted molar refractivity (Wildman–Crippen MR) is 116 cm³/mol. The molecule has 3 nitrogen and oxygen atoms in total. The standard InChI is InChI=1S/C22H15BrCl2N2O/c23-14-7-5-13(6-8-14)19-12-20-17-3-1-2-4-21(17)28-22(27(20)26-19)16-10-9-15(24)11-18(16)25/h1-11,20,22H,12H2. The SMILES string of the molecule is Clc1ccc(C2Oc3ccccc3C3CC(c4ccc(Br)cc4)=NN32)c(Cl)c1. The molecule has 0 spiro atoms. The molecule has 2 aliphatic rings. The Labute approximate surface area is 181 Å². The fourth-order valence-corrected chi connectivity index (χ4v) is 4.52. The van der Waals surface area contributed by atoms with Crippen LogP contribution in [0.4, 0.5) is 0 Å². The van der Waals surface area contributed by atoms with E-state index in [9.17, 15) is 0 Å². The number of hydrogen-bond donors (Lipinski definition) is 0. The average molecular weight is 474 g/mol. The van der Waals surface area contributed by atoms with Crippen LogP contribution >= 0.6 is 39.1 Å². The van der Waals surface area contributed by atoms with Crippen LogP contribution in [0.5, 0.6) is 5.75 Å². The van der Waals surface area contributed by atoms with E-state index in [0.29, 0.717) is 10.0 Å². The third-order valence-electron chi connectivity index (χ3n) is 5.11. The maximum atomic E-state index is 6.51. The molecular weight excluding hydrogens is 459 g/mol. The van der Waals surface area contributed by atoms with Gasteiger partial charge in [-0.1, -0.05) is 75.5 Å². The van der Waals surface area contributed by atoms with Crippen LogP contribution in [-0.4, -0.2) is 10.7 Å². The lowest BCUT2D eigenvalue weighted by Crippen LogP contribution is -2.33. The van der Waals surface area contributed by atoms with Crippen molar-refractivity contribution in [3.8, 4) is 5.75 Å². The predicted octanol–water partition coefficient (Wildman–Crippen LogP) is 7.00. The molecule has 3 aromatic carbocycles. The summed E-state index contributed by atoms with van der Waals surface area (Å²) in [5.41, 5.74) is 4.13. The average Bonchev–Trinajstić information content (AvgIpc) is 3.14. The minimum atomic E-state index is -0.405. The molecule has 140 valence electrons. The number of hydrazone groups is 1. The molecule has 0 bridgehead atoms. The van der Waals surface area contributed by atoms with Crippen molar-refractivity contribution in [2.24, 2.45) is 5.10 Å². The second-order valence-corrected chi connectivity index (χ2v) is 8.59. The highest BCUT2D eigenvalue weighted by Crippen LogP contribution is 2.48. The van der Waals surface area contributed by atoms with E-state index in [0.717, 1.165) is 39.0 Å². The molecule has 0 saturated carbocycles. The van der Waals surface area contributed by atoms with E-state index in [1.165, 1.54) is 0 Å². The van der Waals surface area contributed by atoms with Gasteiger partial charge in [0.2, 0.25) is 6.23 Å². The maximum Gasteiger partial charge on any atom is 0.215 e. The highest BCUT2D eigenvalue weighted by molar-refractivity contribution is 9.10. The zero-order valence-corrected chi connectivity index (χ0v) is 17.7. The van der Waals surface area contributed by atoms with E-state index in [1.807, 2.05) is 47.5 Å². The topological polar surface area (TPSA) is 24.8 Å². The molecule has 0 fully saturated rings. The second-order valence-electron chi connectivity index (χ2n) is 6.83. The van der Waals surface area contributed by atoms with Gasteiger partial charge in [-0.2, -0.15) is 5.10 Å². The van der Waals surface area contributed by atoms with Crippen molar-refractivity contribution in [1.82, 2.24) is 5.01 Å². The summed E-state index contributed by atoms with van der Waals surface area (Å²) in [5, 5.41) is 8.14. The molecule has 0 aromatic heterocycles. The Morgan fingerprint density at radius 3 is 2.54 bits per heavy atom. The minimum Gasteiger partial charge on any atom is -0.464 e. The second kappa shape index (κ2) is 7.11. The highest BCUT2D eigenvalue weighted by atomic mass is 79.9. The summed E-state index contributed by atoms with van der Waals surface area (Å²) >= 11 is 16.1. The van der Waals surface area contributed by atoms with Crippen LogP contribution in [0.25, 0.3) is 0 Å². The Kier molecular flexibility index (Phi) is 4.58. The van der Waals surface area contributed by atoms with E-state index >= 15 is 0 Å². The van der Waals surface area contributed by atoms with Gasteiger partial charge in [0.25, 0.3) is 0 Å². The van der Waals surface area contributed by atoms with Crippen LogP contribution in [0, 0.1) is 0 Å². The van der Waals surface area contributed by atoms with Gasteiger partial charge in [-0.15, -0.1) is 0 Å². The summed E-state index contributed by atoms with van der Waals surface area (Å²) < 4.78 is 7.39. The summed E-state index contributed by atoms with van der Waals surface area (Å²) in [7, 11) is 0. The van der Waals surface area contributed by atoms with Crippen molar-refractivity contribution in [3.63, 3.8) is 0 Å². The molecule has 2 unspecified atom stereocenters. The highest BCUT2D eigenvalue weighted by Gasteiger charge is 2.41. The van der Waals surface area contributed by atoms with Gasteiger partial charge >= 0.3 is 0 Å². The molecule has 2 heterocycles. The first kappa shape index (κ1) is 18.0. The summed E-state index contributed by atoms with van der Waals surface area (Å²) in [4.78, 5) is 0. The van der Waals surface area contributed by atoms with Crippen molar-refractivity contribution in [3.05, 3.63) is 97.9 Å². The first-order chi connectivity index (χ1) is 13.6. The lowest BCUT2D eigenvalue weighted by atomic mass is 9.96. The smallest absolute Gasteiger partial charge is 0.215 e. The molecule has 2 atom stereocenters. The lowest BCUT2D eigenvalue weighted by molar-refractivity contribution is -0.0189. The van der Waals surface area contributed by atoms with Gasteiger partial charge in [0.15, 0.2) is 0 Å². The van der Waals surface area contributed by atoms with E-state index in [-0.39, 0.29) is 6.04 Å². The molecular formula is C22H15BrCl2N2O. The van der Waals surface area contributed by atoms with Gasteiger partial charge in [0, 0.05) is 27.0 Å². The molecule has 0 aliphatic carbocycles. The Morgan fingerprint density at radius 2 is 1.75 bits per heavy atom. The van der Waals surface area contributed by atoms with Crippen LogP contribution in [0.2, 0.25) is 10.0 Å². The number of fused-ring (bicyclic) bond motifs is 3. The van der Waals surface area contributed by atoms with Crippen LogP contribution in [0.3, 0.4) is 0 Å². The third kappa shape index (κ3) is 3.10. The largest absolute Gasteiger partial charge is 0.464 e. The van der Waals surface area contributed by atoms with E-state index in [2.05, 4.69) is 34.1 Å². The van der Waals surface area contributed by atoms with Crippen molar-refractivity contribution in [2.75, 3.05) is 0 Å². The Bertz CT molecular complexity index is 1080. The monoisotopic (exact) mass is 472 g/mol. The van der Waals surface area contributed by atoms with Crippen LogP contribution in [-0.2, 0) is 0 Å². The third-order valence-corrected chi connectivity index (χ3v) is 6.20. The summed E-state index contributed by atoms with van der Waals surface area (Å²) in [6.45, 7) is 0. The summed E-state index contributed by atoms with van der Waals surface area (Å²) in [6.07, 6.45) is 0.404. The van der Waals surface area contributed by atoms with E-state index < -0.39 is 6.23 Å². The number of halogens is 3. The lowest BCUT2D eigenvalue weighted by Gasteiger charge is -2.38. The van der Waals surface area contributed by atoms with Crippen LogP contribution in [0.15, 0.2) is 76.3 Å². The van der Waals surface area contributed by atoms with Gasteiger partial charge in [0.05, 0.1) is 16.8 Å². The van der Waals surface area contributed by atoms with Gasteiger partial charge in [-0.3, -0.25) is 0 Å². The number of para-hydroxylation sites is 1. The Balaban J connectivity index is 1.61. The van der Waals surface area contributed by atoms with Gasteiger partial charge in [-0.05, 0) is 35.9 Å². The number of rotatable bonds is 2. The fourth-order valence-electron chi connectivity index (χ4n) is 3.76. The zero-order valence-electron chi connectivity index (χ0n) is 14.6. The van der Waals surface area contributed by atoms with Crippen molar-refractivity contribution >= 4 is 44.8 Å². The van der Waals surface area contributed by atoms with E-state index in [1.54, 1.807) is 6.07 Å². The number of hydrogen-bond acceptors (Lipinski definition) is 3. The number of nitrogens with zero attached hydrogens (tertiary/aromatic N) is 2. The van der Waals surface area contributed by atoms with Crippen molar-refractivity contribution in [1.29, 1.82) is 0 Å². The van der Waals surface area contributed by atoms with Crippen LogP contribution in [0.1, 0.15) is 35.4 Å². The summed E-state index contributed by atoms with van der Waals surface area (Å²) in [5.74, 6) is 0.868. The number of ether oxygens (including phenoxy) is 1. The molecule has 0 saturated heterocycles. The van der Waals surface area contributed by atoms with Gasteiger partial charge in [-0.25, -0.2) is 5.01 Å². The maximum absolute atomic E-state index is 6.51. The Morgan fingerprint density at radius 1 is 0.964 bits per heavy atom.